The van der Waals surface area contributed by atoms with Gasteiger partial charge in [0.2, 0.25) is 11.8 Å². The molecule has 0 saturated heterocycles. The Bertz CT molecular complexity index is 1380. The van der Waals surface area contributed by atoms with Gasteiger partial charge >= 0.3 is 6.09 Å². The SMILES string of the molecule is CCN(C(=O)C(CCC(N)=O)NC(=O)OC(C)(C)C)C(C(=O)Nc1ccc2ccccc2c1)c1cccc(O)c1. The number of hydrogen-bond donors (Lipinski definition) is 4. The molecule has 0 aliphatic carbocycles. The summed E-state index contributed by atoms with van der Waals surface area (Å²) < 4.78 is 5.31. The number of nitrogens with one attached hydrogen (secondary N) is 2. The summed E-state index contributed by atoms with van der Waals surface area (Å²) in [5.74, 6) is -1.87. The van der Waals surface area contributed by atoms with E-state index in [9.17, 15) is 24.3 Å². The molecule has 0 aromatic heterocycles. The molecule has 40 heavy (non-hydrogen) atoms. The van der Waals surface area contributed by atoms with Crippen LogP contribution in [0.15, 0.2) is 66.7 Å². The molecule has 0 spiro atoms. The van der Waals surface area contributed by atoms with Crippen LogP contribution < -0.4 is 16.4 Å². The highest BCUT2D eigenvalue weighted by Crippen LogP contribution is 2.28. The molecule has 0 heterocycles. The average molecular weight is 549 g/mol. The molecule has 2 unspecified atom stereocenters. The number of ether oxygens (including phenoxy) is 1. The minimum atomic E-state index is -1.20. The van der Waals surface area contributed by atoms with Crippen molar-refractivity contribution in [1.29, 1.82) is 0 Å². The Kier molecular flexibility index (Phi) is 9.71. The fourth-order valence-corrected chi connectivity index (χ4v) is 4.31. The summed E-state index contributed by atoms with van der Waals surface area (Å²) in [4.78, 5) is 53.1. The monoisotopic (exact) mass is 548 g/mol. The van der Waals surface area contributed by atoms with Gasteiger partial charge in [-0.1, -0.05) is 42.5 Å². The van der Waals surface area contributed by atoms with Crippen LogP contribution in [-0.4, -0.2) is 52.0 Å². The van der Waals surface area contributed by atoms with Crippen LogP contribution in [0, 0.1) is 0 Å². The van der Waals surface area contributed by atoms with Gasteiger partial charge < -0.3 is 31.1 Å². The van der Waals surface area contributed by atoms with Gasteiger partial charge in [-0.05, 0) is 74.7 Å². The molecule has 4 amide bonds. The van der Waals surface area contributed by atoms with Gasteiger partial charge in [0, 0.05) is 18.7 Å². The number of benzene rings is 3. The lowest BCUT2D eigenvalue weighted by Gasteiger charge is -2.33. The molecule has 0 fully saturated rings. The Labute approximate surface area is 233 Å². The van der Waals surface area contributed by atoms with Crippen LogP contribution in [0.4, 0.5) is 10.5 Å². The molecule has 3 aromatic rings. The first kappa shape index (κ1) is 29.9. The van der Waals surface area contributed by atoms with Gasteiger partial charge in [-0.25, -0.2) is 4.79 Å². The summed E-state index contributed by atoms with van der Waals surface area (Å²) in [7, 11) is 0. The quantitative estimate of drug-likeness (QED) is 0.298. The number of rotatable bonds is 10. The average Bonchev–Trinajstić information content (AvgIpc) is 2.87. The molecule has 5 N–H and O–H groups in total. The van der Waals surface area contributed by atoms with Crippen LogP contribution in [0.5, 0.6) is 5.75 Å². The second-order valence-electron chi connectivity index (χ2n) is 10.4. The van der Waals surface area contributed by atoms with E-state index >= 15 is 0 Å². The Hall–Kier alpha value is -4.60. The van der Waals surface area contributed by atoms with Crippen molar-refractivity contribution in [2.24, 2.45) is 5.73 Å². The maximum atomic E-state index is 13.9. The van der Waals surface area contributed by atoms with Gasteiger partial charge in [-0.2, -0.15) is 0 Å². The molecular formula is C30H36N4O6. The number of phenolic OH excluding ortho intramolecular Hbond substituents is 1. The van der Waals surface area contributed by atoms with E-state index in [1.54, 1.807) is 45.9 Å². The van der Waals surface area contributed by atoms with Gasteiger partial charge in [0.15, 0.2) is 0 Å². The molecule has 2 atom stereocenters. The second-order valence-corrected chi connectivity index (χ2v) is 10.4. The van der Waals surface area contributed by atoms with Crippen molar-refractivity contribution in [3.63, 3.8) is 0 Å². The number of primary amides is 1. The Morgan fingerprint density at radius 1 is 0.975 bits per heavy atom. The third kappa shape index (κ3) is 8.20. The molecule has 3 aromatic carbocycles. The van der Waals surface area contributed by atoms with Gasteiger partial charge in [-0.15, -0.1) is 0 Å². The summed E-state index contributed by atoms with van der Waals surface area (Å²) >= 11 is 0. The number of phenols is 1. The lowest BCUT2D eigenvalue weighted by molar-refractivity contribution is -0.140. The van der Waals surface area contributed by atoms with E-state index < -0.39 is 41.5 Å². The van der Waals surface area contributed by atoms with Gasteiger partial charge in [0.25, 0.3) is 5.91 Å². The van der Waals surface area contributed by atoms with Crippen LogP contribution in [-0.2, 0) is 19.1 Å². The Morgan fingerprint density at radius 2 is 1.68 bits per heavy atom. The summed E-state index contributed by atoms with van der Waals surface area (Å²) in [6, 6.07) is 16.8. The van der Waals surface area contributed by atoms with Gasteiger partial charge in [-0.3, -0.25) is 14.4 Å². The highest BCUT2D eigenvalue weighted by molar-refractivity contribution is 6.00. The summed E-state index contributed by atoms with van der Waals surface area (Å²) in [5, 5.41) is 17.5. The van der Waals surface area contributed by atoms with Crippen molar-refractivity contribution in [3.8, 4) is 5.75 Å². The highest BCUT2D eigenvalue weighted by Gasteiger charge is 2.36. The molecular weight excluding hydrogens is 512 g/mol. The molecule has 0 saturated carbocycles. The lowest BCUT2D eigenvalue weighted by atomic mass is 10.0. The number of hydrogen-bond acceptors (Lipinski definition) is 6. The van der Waals surface area contributed by atoms with Crippen molar-refractivity contribution in [3.05, 3.63) is 72.3 Å². The number of alkyl carbamates (subject to hydrolysis) is 1. The minimum absolute atomic E-state index is 0.0768. The van der Waals surface area contributed by atoms with E-state index in [1.807, 2.05) is 36.4 Å². The number of aromatic hydroxyl groups is 1. The van der Waals surface area contributed by atoms with Crippen LogP contribution in [0.2, 0.25) is 0 Å². The maximum absolute atomic E-state index is 13.9. The van der Waals surface area contributed by atoms with Crippen molar-refractivity contribution in [1.82, 2.24) is 10.2 Å². The summed E-state index contributed by atoms with van der Waals surface area (Å²) in [6.07, 6.45) is -1.12. The van der Waals surface area contributed by atoms with Crippen molar-refractivity contribution < 1.29 is 29.0 Å². The topological polar surface area (TPSA) is 151 Å². The van der Waals surface area contributed by atoms with Crippen molar-refractivity contribution >= 4 is 40.3 Å². The van der Waals surface area contributed by atoms with Crippen molar-refractivity contribution in [2.45, 2.75) is 58.2 Å². The molecule has 0 bridgehead atoms. The normalized spacial score (nSPS) is 12.7. The summed E-state index contributed by atoms with van der Waals surface area (Å²) in [6.45, 7) is 6.81. The largest absolute Gasteiger partial charge is 0.508 e. The maximum Gasteiger partial charge on any atom is 0.408 e. The second kappa shape index (κ2) is 13.0. The molecule has 0 aliphatic heterocycles. The predicted octanol–water partition coefficient (Wildman–Crippen LogP) is 4.23. The molecule has 10 nitrogen and oxygen atoms in total. The van der Waals surface area contributed by atoms with E-state index in [1.165, 1.54) is 17.0 Å². The Balaban J connectivity index is 1.97. The van der Waals surface area contributed by atoms with Crippen LogP contribution >= 0.6 is 0 Å². The van der Waals surface area contributed by atoms with Crippen LogP contribution in [0.25, 0.3) is 10.8 Å². The smallest absolute Gasteiger partial charge is 0.408 e. The lowest BCUT2D eigenvalue weighted by Crippen LogP contribution is -2.52. The van der Waals surface area contributed by atoms with Gasteiger partial charge in [0.05, 0.1) is 0 Å². The van der Waals surface area contributed by atoms with E-state index in [0.29, 0.717) is 11.3 Å². The van der Waals surface area contributed by atoms with Crippen molar-refractivity contribution in [2.75, 3.05) is 11.9 Å². The van der Waals surface area contributed by atoms with E-state index in [0.717, 1.165) is 10.8 Å². The zero-order valence-corrected chi connectivity index (χ0v) is 23.1. The molecule has 212 valence electrons. The molecule has 10 heteroatoms. The van der Waals surface area contributed by atoms with E-state index in [4.69, 9.17) is 10.5 Å². The number of nitrogens with two attached hydrogens (primary N) is 1. The zero-order chi connectivity index (χ0) is 29.4. The zero-order valence-electron chi connectivity index (χ0n) is 23.1. The number of carbonyl (C=O) groups excluding carboxylic acids is 4. The van der Waals surface area contributed by atoms with Crippen LogP contribution in [0.1, 0.15) is 52.1 Å². The fourth-order valence-electron chi connectivity index (χ4n) is 4.31. The minimum Gasteiger partial charge on any atom is -0.508 e. The molecule has 3 rings (SSSR count). The number of likely N-dealkylation sites (N-methyl/N-ethyl adjacent to an activating group) is 1. The third-order valence-electron chi connectivity index (χ3n) is 6.06. The number of anilines is 1. The fraction of sp³-hybridized carbons (Fsp3) is 0.333. The molecule has 0 radical (unpaired) electrons. The predicted molar refractivity (Wildman–Crippen MR) is 152 cm³/mol. The number of amides is 4. The van der Waals surface area contributed by atoms with E-state index in [-0.39, 0.29) is 25.1 Å². The standard InChI is InChI=1S/C30H36N4O6/c1-5-34(28(38)24(15-16-25(31)36)33-29(39)40-30(2,3)4)26(21-11-8-12-23(35)18-21)27(37)32-22-14-13-19-9-6-7-10-20(19)17-22/h6-14,17-18,24,26,35H,5,15-16H2,1-4H3,(H2,31,36)(H,32,37)(H,33,39). The first-order valence-electron chi connectivity index (χ1n) is 13.0. The van der Waals surface area contributed by atoms with Gasteiger partial charge in [0.1, 0.15) is 23.4 Å². The first-order valence-corrected chi connectivity index (χ1v) is 13.0. The Morgan fingerprint density at radius 3 is 2.30 bits per heavy atom. The third-order valence-corrected chi connectivity index (χ3v) is 6.06. The first-order chi connectivity index (χ1) is 18.9. The number of nitrogens with zero attached hydrogens (tertiary/aromatic N) is 1. The number of carbonyl (C=O) groups is 4. The summed E-state index contributed by atoms with van der Waals surface area (Å²) in [5.41, 5.74) is 5.38. The number of fused-ring (bicyclic) bond motifs is 1. The van der Waals surface area contributed by atoms with E-state index in [2.05, 4.69) is 10.6 Å². The molecule has 0 aliphatic rings. The van der Waals surface area contributed by atoms with Crippen LogP contribution in [0.3, 0.4) is 0 Å². The highest BCUT2D eigenvalue weighted by atomic mass is 16.6.